The molecule has 2 rings (SSSR count). The second-order valence-electron chi connectivity index (χ2n) is 4.54. The molecule has 5 heteroatoms. The van der Waals surface area contributed by atoms with Crippen molar-refractivity contribution in [2.75, 3.05) is 5.32 Å². The summed E-state index contributed by atoms with van der Waals surface area (Å²) in [6, 6.07) is 5.13. The number of nitrogens with two attached hydrogens (primary N) is 1. The molecule has 4 N–H and O–H groups in total. The van der Waals surface area contributed by atoms with E-state index in [2.05, 4.69) is 15.5 Å². The number of benzene rings is 1. The minimum atomic E-state index is -0.489. The number of H-pyrrole nitrogens is 1. The standard InChI is InChI=1S/C13H18N4O/c1-3-8(2)12(14)13(18)16-10-5-4-6-11-9(10)7-15-17-11/h4-8,12H,3,14H2,1-2H3,(H,15,17)(H,16,18)/t8?,12-/m0/s1. The average Bonchev–Trinajstić information content (AvgIpc) is 2.86. The Morgan fingerprint density at radius 1 is 1.56 bits per heavy atom. The van der Waals surface area contributed by atoms with Crippen LogP contribution in [0, 0.1) is 5.92 Å². The van der Waals surface area contributed by atoms with Crippen LogP contribution >= 0.6 is 0 Å². The van der Waals surface area contributed by atoms with Gasteiger partial charge in [0.1, 0.15) is 0 Å². The Labute approximate surface area is 106 Å². The van der Waals surface area contributed by atoms with Crippen LogP contribution in [0.4, 0.5) is 5.69 Å². The van der Waals surface area contributed by atoms with Gasteiger partial charge in [-0.1, -0.05) is 26.3 Å². The van der Waals surface area contributed by atoms with Crippen LogP contribution in [-0.4, -0.2) is 22.1 Å². The molecule has 0 aliphatic carbocycles. The molecule has 2 aromatic rings. The second-order valence-corrected chi connectivity index (χ2v) is 4.54. The average molecular weight is 246 g/mol. The molecule has 96 valence electrons. The van der Waals surface area contributed by atoms with E-state index in [0.29, 0.717) is 0 Å². The van der Waals surface area contributed by atoms with Gasteiger partial charge in [-0.2, -0.15) is 5.10 Å². The first-order valence-electron chi connectivity index (χ1n) is 6.12. The van der Waals surface area contributed by atoms with Gasteiger partial charge in [-0.3, -0.25) is 9.89 Å². The molecule has 0 spiro atoms. The monoisotopic (exact) mass is 246 g/mol. The number of nitrogens with zero attached hydrogens (tertiary/aromatic N) is 1. The lowest BCUT2D eigenvalue weighted by atomic mass is 9.99. The lowest BCUT2D eigenvalue weighted by Gasteiger charge is -2.17. The highest BCUT2D eigenvalue weighted by atomic mass is 16.2. The Morgan fingerprint density at radius 3 is 3.06 bits per heavy atom. The van der Waals surface area contributed by atoms with E-state index < -0.39 is 6.04 Å². The molecule has 0 saturated carbocycles. The molecule has 1 unspecified atom stereocenters. The van der Waals surface area contributed by atoms with E-state index in [9.17, 15) is 4.79 Å². The molecule has 0 aliphatic rings. The van der Waals surface area contributed by atoms with Crippen LogP contribution in [0.3, 0.4) is 0 Å². The van der Waals surface area contributed by atoms with E-state index in [0.717, 1.165) is 23.0 Å². The first kappa shape index (κ1) is 12.6. The van der Waals surface area contributed by atoms with Gasteiger partial charge in [0.05, 0.1) is 23.4 Å². The fraction of sp³-hybridized carbons (Fsp3) is 0.385. The minimum absolute atomic E-state index is 0.155. The largest absolute Gasteiger partial charge is 0.324 e. The summed E-state index contributed by atoms with van der Waals surface area (Å²) in [6.45, 7) is 4.00. The molecule has 1 aromatic heterocycles. The molecular weight excluding hydrogens is 228 g/mol. The molecule has 2 atom stereocenters. The topological polar surface area (TPSA) is 83.8 Å². The number of carbonyl (C=O) groups excluding carboxylic acids is 1. The van der Waals surface area contributed by atoms with E-state index >= 15 is 0 Å². The fourth-order valence-electron chi connectivity index (χ4n) is 1.81. The summed E-state index contributed by atoms with van der Waals surface area (Å²) < 4.78 is 0. The first-order chi connectivity index (χ1) is 8.63. The molecule has 0 radical (unpaired) electrons. The van der Waals surface area contributed by atoms with Gasteiger partial charge in [0.15, 0.2) is 0 Å². The highest BCUT2D eigenvalue weighted by molar-refractivity contribution is 6.02. The van der Waals surface area contributed by atoms with E-state index in [1.165, 1.54) is 0 Å². The summed E-state index contributed by atoms with van der Waals surface area (Å²) in [5.74, 6) is 0.00611. The summed E-state index contributed by atoms with van der Waals surface area (Å²) >= 11 is 0. The lowest BCUT2D eigenvalue weighted by molar-refractivity contribution is -0.118. The molecule has 1 heterocycles. The smallest absolute Gasteiger partial charge is 0.241 e. The maximum Gasteiger partial charge on any atom is 0.241 e. The SMILES string of the molecule is CCC(C)[C@H](N)C(=O)Nc1cccc2[nH]ncc12. The third kappa shape index (κ3) is 2.36. The van der Waals surface area contributed by atoms with Crippen LogP contribution in [0.5, 0.6) is 0 Å². The Kier molecular flexibility index (Phi) is 3.62. The predicted octanol–water partition coefficient (Wildman–Crippen LogP) is 1.87. The highest BCUT2D eigenvalue weighted by Crippen LogP contribution is 2.21. The summed E-state index contributed by atoms with van der Waals surface area (Å²) in [7, 11) is 0. The van der Waals surface area contributed by atoms with Gasteiger partial charge in [0.2, 0.25) is 5.91 Å². The Balaban J connectivity index is 2.19. The minimum Gasteiger partial charge on any atom is -0.324 e. The summed E-state index contributed by atoms with van der Waals surface area (Å²) in [4.78, 5) is 12.0. The third-order valence-corrected chi connectivity index (χ3v) is 3.30. The van der Waals surface area contributed by atoms with Crippen LogP contribution in [0.2, 0.25) is 0 Å². The number of aromatic amines is 1. The van der Waals surface area contributed by atoms with Gasteiger partial charge in [-0.25, -0.2) is 0 Å². The summed E-state index contributed by atoms with van der Waals surface area (Å²) in [5, 5.41) is 10.6. The van der Waals surface area contributed by atoms with E-state index in [1.54, 1.807) is 6.20 Å². The molecule has 0 saturated heterocycles. The van der Waals surface area contributed by atoms with Crippen molar-refractivity contribution in [3.8, 4) is 0 Å². The zero-order valence-electron chi connectivity index (χ0n) is 10.6. The fourth-order valence-corrected chi connectivity index (χ4v) is 1.81. The van der Waals surface area contributed by atoms with Crippen LogP contribution < -0.4 is 11.1 Å². The first-order valence-corrected chi connectivity index (χ1v) is 6.12. The zero-order valence-corrected chi connectivity index (χ0v) is 10.6. The molecule has 1 amide bonds. The normalized spacial score (nSPS) is 14.4. The van der Waals surface area contributed by atoms with Gasteiger partial charge in [-0.15, -0.1) is 0 Å². The number of rotatable bonds is 4. The second kappa shape index (κ2) is 5.18. The lowest BCUT2D eigenvalue weighted by Crippen LogP contribution is -2.40. The summed E-state index contributed by atoms with van der Waals surface area (Å²) in [5.41, 5.74) is 7.54. The van der Waals surface area contributed by atoms with Gasteiger partial charge in [0.25, 0.3) is 0 Å². The van der Waals surface area contributed by atoms with E-state index in [4.69, 9.17) is 5.73 Å². The number of hydrogen-bond donors (Lipinski definition) is 3. The maximum atomic E-state index is 12.0. The number of hydrogen-bond acceptors (Lipinski definition) is 3. The van der Waals surface area contributed by atoms with E-state index in [1.807, 2.05) is 32.0 Å². The van der Waals surface area contributed by atoms with Crippen molar-refractivity contribution >= 4 is 22.5 Å². The van der Waals surface area contributed by atoms with Crippen molar-refractivity contribution in [1.82, 2.24) is 10.2 Å². The van der Waals surface area contributed by atoms with Crippen LogP contribution in [0.15, 0.2) is 24.4 Å². The van der Waals surface area contributed by atoms with Crippen molar-refractivity contribution in [3.05, 3.63) is 24.4 Å². The zero-order chi connectivity index (χ0) is 13.1. The van der Waals surface area contributed by atoms with Crippen LogP contribution in [0.25, 0.3) is 10.9 Å². The number of amides is 1. The van der Waals surface area contributed by atoms with Crippen LogP contribution in [-0.2, 0) is 4.79 Å². The number of anilines is 1. The van der Waals surface area contributed by atoms with Gasteiger partial charge < -0.3 is 11.1 Å². The van der Waals surface area contributed by atoms with Gasteiger partial charge >= 0.3 is 0 Å². The Bertz CT molecular complexity index is 549. The third-order valence-electron chi connectivity index (χ3n) is 3.30. The predicted molar refractivity (Wildman–Crippen MR) is 72.2 cm³/mol. The quantitative estimate of drug-likeness (QED) is 0.770. The molecular formula is C13H18N4O. The van der Waals surface area contributed by atoms with Gasteiger partial charge in [0, 0.05) is 5.39 Å². The number of aromatic nitrogens is 2. The van der Waals surface area contributed by atoms with E-state index in [-0.39, 0.29) is 11.8 Å². The van der Waals surface area contributed by atoms with Crippen molar-refractivity contribution in [2.24, 2.45) is 11.7 Å². The van der Waals surface area contributed by atoms with Crippen molar-refractivity contribution in [3.63, 3.8) is 0 Å². The van der Waals surface area contributed by atoms with Gasteiger partial charge in [-0.05, 0) is 18.1 Å². The molecule has 0 bridgehead atoms. The number of fused-ring (bicyclic) bond motifs is 1. The van der Waals surface area contributed by atoms with Crippen molar-refractivity contribution < 1.29 is 4.79 Å². The highest BCUT2D eigenvalue weighted by Gasteiger charge is 2.20. The van der Waals surface area contributed by atoms with Crippen molar-refractivity contribution in [2.45, 2.75) is 26.3 Å². The molecule has 5 nitrogen and oxygen atoms in total. The molecule has 1 aromatic carbocycles. The number of nitrogens with one attached hydrogen (secondary N) is 2. The molecule has 18 heavy (non-hydrogen) atoms. The Hall–Kier alpha value is -1.88. The Morgan fingerprint density at radius 2 is 2.33 bits per heavy atom. The number of carbonyl (C=O) groups is 1. The molecule has 0 fully saturated rings. The molecule has 0 aliphatic heterocycles. The van der Waals surface area contributed by atoms with Crippen LogP contribution in [0.1, 0.15) is 20.3 Å². The maximum absolute atomic E-state index is 12.0. The summed E-state index contributed by atoms with van der Waals surface area (Å²) in [6.07, 6.45) is 2.57. The van der Waals surface area contributed by atoms with Crippen molar-refractivity contribution in [1.29, 1.82) is 0 Å².